The molecule has 1 aliphatic carbocycles. The molecule has 5 heteroatoms. The predicted molar refractivity (Wildman–Crippen MR) is 73.6 cm³/mol. The first-order valence-corrected chi connectivity index (χ1v) is 6.65. The molecule has 1 aromatic carbocycles. The number of hydrogen-bond acceptors (Lipinski definition) is 3. The molecule has 0 spiro atoms. The summed E-state index contributed by atoms with van der Waals surface area (Å²) >= 11 is 0. The van der Waals surface area contributed by atoms with E-state index >= 15 is 0 Å². The predicted octanol–water partition coefficient (Wildman–Crippen LogP) is 1.61. The monoisotopic (exact) mass is 277 g/mol. The minimum Gasteiger partial charge on any atom is -0.497 e. The van der Waals surface area contributed by atoms with Gasteiger partial charge >= 0.3 is 5.97 Å². The highest BCUT2D eigenvalue weighted by molar-refractivity contribution is 6.04. The third kappa shape index (κ3) is 2.92. The van der Waals surface area contributed by atoms with Crippen molar-refractivity contribution in [3.63, 3.8) is 0 Å². The maximum Gasteiger partial charge on any atom is 0.319 e. The molecule has 1 fully saturated rings. The molecule has 1 unspecified atom stereocenters. The van der Waals surface area contributed by atoms with Gasteiger partial charge in [0.25, 0.3) is 0 Å². The van der Waals surface area contributed by atoms with E-state index in [-0.39, 0.29) is 11.9 Å². The van der Waals surface area contributed by atoms with E-state index in [1.807, 2.05) is 31.2 Å². The minimum atomic E-state index is -1.18. The van der Waals surface area contributed by atoms with Crippen LogP contribution in [0.4, 0.5) is 0 Å². The number of rotatable bonds is 6. The summed E-state index contributed by atoms with van der Waals surface area (Å²) in [5.41, 5.74) is -0.139. The van der Waals surface area contributed by atoms with E-state index in [1.165, 1.54) is 0 Å². The Morgan fingerprint density at radius 3 is 2.70 bits per heavy atom. The number of carbonyl (C=O) groups is 2. The van der Waals surface area contributed by atoms with E-state index in [4.69, 9.17) is 9.84 Å². The van der Waals surface area contributed by atoms with Gasteiger partial charge in [0.2, 0.25) is 5.91 Å². The highest BCUT2D eigenvalue weighted by Crippen LogP contribution is 2.46. The van der Waals surface area contributed by atoms with Crippen molar-refractivity contribution in [3.8, 4) is 5.75 Å². The summed E-state index contributed by atoms with van der Waals surface area (Å²) in [5.74, 6) is -0.630. The first-order chi connectivity index (χ1) is 9.48. The largest absolute Gasteiger partial charge is 0.497 e. The van der Waals surface area contributed by atoms with Crippen molar-refractivity contribution in [1.29, 1.82) is 0 Å². The molecule has 2 rings (SSSR count). The van der Waals surface area contributed by atoms with Crippen molar-refractivity contribution >= 4 is 11.9 Å². The van der Waals surface area contributed by atoms with E-state index in [2.05, 4.69) is 5.32 Å². The van der Waals surface area contributed by atoms with Crippen LogP contribution in [0.2, 0.25) is 0 Å². The van der Waals surface area contributed by atoms with Crippen LogP contribution in [0, 0.1) is 5.41 Å². The van der Waals surface area contributed by atoms with E-state index in [0.29, 0.717) is 19.3 Å². The number of hydrogen-bond donors (Lipinski definition) is 2. The van der Waals surface area contributed by atoms with Crippen LogP contribution in [-0.4, -0.2) is 30.1 Å². The molecule has 1 aliphatic rings. The number of benzene rings is 1. The smallest absolute Gasteiger partial charge is 0.319 e. The number of ether oxygens (including phenoxy) is 1. The molecule has 0 radical (unpaired) electrons. The zero-order valence-corrected chi connectivity index (χ0v) is 11.7. The maximum atomic E-state index is 12.0. The summed E-state index contributed by atoms with van der Waals surface area (Å²) in [6, 6.07) is 7.49. The molecule has 0 saturated heterocycles. The Bertz CT molecular complexity index is 522. The SMILES string of the molecule is COc1cccc(CC(C)NC(=O)C2(C(=O)O)CC2)c1. The van der Waals surface area contributed by atoms with E-state index in [9.17, 15) is 9.59 Å². The molecule has 108 valence electrons. The van der Waals surface area contributed by atoms with Crippen molar-refractivity contribution < 1.29 is 19.4 Å². The Kier molecular flexibility index (Phi) is 3.97. The maximum absolute atomic E-state index is 12.0. The second-order valence-corrected chi connectivity index (χ2v) is 5.32. The van der Waals surface area contributed by atoms with Crippen molar-refractivity contribution in [2.45, 2.75) is 32.2 Å². The Hall–Kier alpha value is -2.04. The topological polar surface area (TPSA) is 75.6 Å². The molecule has 20 heavy (non-hydrogen) atoms. The summed E-state index contributed by atoms with van der Waals surface area (Å²) in [6.07, 6.45) is 1.50. The van der Waals surface area contributed by atoms with Gasteiger partial charge in [-0.1, -0.05) is 12.1 Å². The summed E-state index contributed by atoms with van der Waals surface area (Å²) in [7, 11) is 1.61. The van der Waals surface area contributed by atoms with Gasteiger partial charge in [0.15, 0.2) is 0 Å². The number of methoxy groups -OCH3 is 1. The van der Waals surface area contributed by atoms with Crippen LogP contribution < -0.4 is 10.1 Å². The highest BCUT2D eigenvalue weighted by atomic mass is 16.5. The number of aliphatic carboxylic acids is 1. The number of amides is 1. The van der Waals surface area contributed by atoms with Crippen LogP contribution in [0.25, 0.3) is 0 Å². The Morgan fingerprint density at radius 2 is 2.15 bits per heavy atom. The molecule has 0 heterocycles. The lowest BCUT2D eigenvalue weighted by Gasteiger charge is -2.17. The van der Waals surface area contributed by atoms with Gasteiger partial charge in [-0.05, 0) is 43.9 Å². The third-order valence-electron chi connectivity index (χ3n) is 3.65. The van der Waals surface area contributed by atoms with Gasteiger partial charge in [-0.15, -0.1) is 0 Å². The number of carboxylic acids is 1. The molecule has 1 amide bonds. The second-order valence-electron chi connectivity index (χ2n) is 5.32. The van der Waals surface area contributed by atoms with Crippen LogP contribution in [0.3, 0.4) is 0 Å². The first kappa shape index (κ1) is 14.4. The van der Waals surface area contributed by atoms with Crippen molar-refractivity contribution in [2.75, 3.05) is 7.11 Å². The number of nitrogens with one attached hydrogen (secondary N) is 1. The van der Waals surface area contributed by atoms with E-state index < -0.39 is 11.4 Å². The van der Waals surface area contributed by atoms with Crippen LogP contribution in [0.5, 0.6) is 5.75 Å². The second kappa shape index (κ2) is 5.53. The highest BCUT2D eigenvalue weighted by Gasteiger charge is 2.57. The third-order valence-corrected chi connectivity index (χ3v) is 3.65. The molecule has 0 bridgehead atoms. The van der Waals surface area contributed by atoms with Gasteiger partial charge in [0.1, 0.15) is 11.2 Å². The van der Waals surface area contributed by atoms with Gasteiger partial charge in [-0.2, -0.15) is 0 Å². The van der Waals surface area contributed by atoms with E-state index in [1.54, 1.807) is 7.11 Å². The average Bonchev–Trinajstić information content (AvgIpc) is 3.20. The summed E-state index contributed by atoms with van der Waals surface area (Å²) in [6.45, 7) is 1.87. The van der Waals surface area contributed by atoms with Gasteiger partial charge in [0.05, 0.1) is 7.11 Å². The summed E-state index contributed by atoms with van der Waals surface area (Å²) < 4.78 is 5.15. The Labute approximate surface area is 117 Å². The first-order valence-electron chi connectivity index (χ1n) is 6.65. The van der Waals surface area contributed by atoms with Gasteiger partial charge in [-0.25, -0.2) is 0 Å². The molecule has 0 aromatic heterocycles. The number of carboxylic acid groups (broad SMARTS) is 1. The standard InChI is InChI=1S/C15H19NO4/c1-10(8-11-4-3-5-12(9-11)20-2)16-13(17)15(6-7-15)14(18)19/h3-5,9-10H,6-8H2,1-2H3,(H,16,17)(H,18,19). The molecule has 5 nitrogen and oxygen atoms in total. The van der Waals surface area contributed by atoms with Crippen molar-refractivity contribution in [3.05, 3.63) is 29.8 Å². The molecule has 1 aromatic rings. The lowest BCUT2D eigenvalue weighted by atomic mass is 10.0. The molecule has 1 saturated carbocycles. The van der Waals surface area contributed by atoms with Gasteiger partial charge in [0, 0.05) is 6.04 Å². The summed E-state index contributed by atoms with van der Waals surface area (Å²) in [4.78, 5) is 23.0. The minimum absolute atomic E-state index is 0.119. The number of carbonyl (C=O) groups excluding carboxylic acids is 1. The average molecular weight is 277 g/mol. The van der Waals surface area contributed by atoms with Crippen LogP contribution in [-0.2, 0) is 16.0 Å². The zero-order valence-electron chi connectivity index (χ0n) is 11.7. The molecular formula is C15H19NO4. The normalized spacial score (nSPS) is 17.1. The lowest BCUT2D eigenvalue weighted by molar-refractivity contribution is -0.149. The van der Waals surface area contributed by atoms with Crippen molar-refractivity contribution in [1.82, 2.24) is 5.32 Å². The quantitative estimate of drug-likeness (QED) is 0.775. The van der Waals surface area contributed by atoms with Gasteiger partial charge in [-0.3, -0.25) is 9.59 Å². The lowest BCUT2D eigenvalue weighted by Crippen LogP contribution is -2.42. The fraction of sp³-hybridized carbons (Fsp3) is 0.467. The molecular weight excluding hydrogens is 258 g/mol. The van der Waals surface area contributed by atoms with Crippen LogP contribution >= 0.6 is 0 Å². The molecule has 1 atom stereocenters. The summed E-state index contributed by atoms with van der Waals surface area (Å²) in [5, 5.41) is 11.9. The van der Waals surface area contributed by atoms with Crippen LogP contribution in [0.1, 0.15) is 25.3 Å². The fourth-order valence-electron chi connectivity index (χ4n) is 2.23. The zero-order chi connectivity index (χ0) is 14.8. The Morgan fingerprint density at radius 1 is 1.45 bits per heavy atom. The van der Waals surface area contributed by atoms with Gasteiger partial charge < -0.3 is 15.2 Å². The molecule has 0 aliphatic heterocycles. The van der Waals surface area contributed by atoms with Crippen molar-refractivity contribution in [2.24, 2.45) is 5.41 Å². The van der Waals surface area contributed by atoms with E-state index in [0.717, 1.165) is 11.3 Å². The fourth-order valence-corrected chi connectivity index (χ4v) is 2.23. The Balaban J connectivity index is 1.94. The molecule has 2 N–H and O–H groups in total. The van der Waals surface area contributed by atoms with Crippen LogP contribution in [0.15, 0.2) is 24.3 Å².